The van der Waals surface area contributed by atoms with Gasteiger partial charge >= 0.3 is 5.97 Å². The fourth-order valence-corrected chi connectivity index (χ4v) is 1.03. The molecule has 2 rings (SSSR count). The number of carboxylic acid groups (broad SMARTS) is 1. The molecule has 0 fully saturated rings. The number of carbonyl (C=O) groups is 1. The lowest BCUT2D eigenvalue weighted by molar-refractivity contribution is 0.0690. The number of furan rings is 1. The minimum Gasteiger partial charge on any atom is -0.476 e. The number of nitrogens with one attached hydrogen (secondary N) is 1. The second-order valence-corrected chi connectivity index (χ2v) is 2.78. The second kappa shape index (κ2) is 3.87. The summed E-state index contributed by atoms with van der Waals surface area (Å²) in [6, 6.07) is 3.70. The van der Waals surface area contributed by atoms with Crippen LogP contribution in [0.2, 0.25) is 0 Å². The molecule has 0 aliphatic carbocycles. The van der Waals surface area contributed by atoms with Crippen LogP contribution in [0.1, 0.15) is 16.2 Å². The summed E-state index contributed by atoms with van der Waals surface area (Å²) in [5.74, 6) is -0.408. The maximum atomic E-state index is 10.5. The largest absolute Gasteiger partial charge is 0.476 e. The Labute approximate surface area is 84.5 Å². The zero-order chi connectivity index (χ0) is 10.7. The molecule has 0 atom stereocenters. The standard InChI is InChI=1S/C9H8N2O4/c12-8(13)7-5-15-9(11-7)10-4-6-2-1-3-14-6/h1-3,5H,4H2,(H,10,11)(H,12,13). The lowest BCUT2D eigenvalue weighted by Crippen LogP contribution is -2.00. The topological polar surface area (TPSA) is 88.5 Å². The molecule has 6 heteroatoms. The Hall–Kier alpha value is -2.24. The normalized spacial score (nSPS) is 10.1. The molecule has 0 saturated carbocycles. The number of nitrogens with zero attached hydrogens (tertiary/aromatic N) is 1. The summed E-state index contributed by atoms with van der Waals surface area (Å²) in [5.41, 5.74) is -0.128. The van der Waals surface area contributed by atoms with Gasteiger partial charge in [0, 0.05) is 0 Å². The van der Waals surface area contributed by atoms with Crippen LogP contribution in [-0.4, -0.2) is 16.1 Å². The third-order valence-electron chi connectivity index (χ3n) is 1.72. The Morgan fingerprint density at radius 2 is 2.40 bits per heavy atom. The number of oxazole rings is 1. The summed E-state index contributed by atoms with van der Waals surface area (Å²) >= 11 is 0. The Kier molecular flexibility index (Phi) is 2.40. The number of hydrogen-bond acceptors (Lipinski definition) is 5. The molecule has 2 aromatic heterocycles. The highest BCUT2D eigenvalue weighted by molar-refractivity contribution is 5.85. The molecule has 0 aromatic carbocycles. The van der Waals surface area contributed by atoms with Crippen LogP contribution in [0.3, 0.4) is 0 Å². The Morgan fingerprint density at radius 1 is 1.53 bits per heavy atom. The van der Waals surface area contributed by atoms with Crippen molar-refractivity contribution >= 4 is 12.0 Å². The molecule has 0 spiro atoms. The van der Waals surface area contributed by atoms with Crippen LogP contribution < -0.4 is 5.32 Å². The predicted molar refractivity (Wildman–Crippen MR) is 49.5 cm³/mol. The molecule has 2 N–H and O–H groups in total. The van der Waals surface area contributed by atoms with Gasteiger partial charge in [-0.05, 0) is 12.1 Å². The van der Waals surface area contributed by atoms with Gasteiger partial charge in [-0.15, -0.1) is 0 Å². The van der Waals surface area contributed by atoms with E-state index in [-0.39, 0.29) is 11.7 Å². The minimum absolute atomic E-state index is 0.128. The summed E-state index contributed by atoms with van der Waals surface area (Å²) in [4.78, 5) is 14.2. The molecule has 15 heavy (non-hydrogen) atoms. The van der Waals surface area contributed by atoms with E-state index in [9.17, 15) is 4.79 Å². The van der Waals surface area contributed by atoms with Crippen LogP contribution >= 0.6 is 0 Å². The number of aromatic carboxylic acids is 1. The van der Waals surface area contributed by atoms with Crippen LogP contribution in [0, 0.1) is 0 Å². The van der Waals surface area contributed by atoms with Gasteiger partial charge in [-0.3, -0.25) is 0 Å². The summed E-state index contributed by atoms with van der Waals surface area (Å²) < 4.78 is 9.94. The molecule has 0 unspecified atom stereocenters. The van der Waals surface area contributed by atoms with Crippen LogP contribution in [0.15, 0.2) is 33.5 Å². The van der Waals surface area contributed by atoms with Gasteiger partial charge in [-0.2, -0.15) is 4.98 Å². The Bertz CT molecular complexity index is 446. The monoisotopic (exact) mass is 208 g/mol. The van der Waals surface area contributed by atoms with Crippen LogP contribution in [0.5, 0.6) is 0 Å². The van der Waals surface area contributed by atoms with Crippen molar-refractivity contribution in [2.45, 2.75) is 6.54 Å². The SMILES string of the molecule is O=C(O)c1coc(NCc2ccco2)n1. The van der Waals surface area contributed by atoms with Crippen molar-refractivity contribution < 1.29 is 18.7 Å². The van der Waals surface area contributed by atoms with Gasteiger partial charge < -0.3 is 19.3 Å². The number of hydrogen-bond donors (Lipinski definition) is 2. The van der Waals surface area contributed by atoms with Gasteiger partial charge in [0.05, 0.1) is 12.8 Å². The van der Waals surface area contributed by atoms with Gasteiger partial charge in [-0.25, -0.2) is 4.79 Å². The molecular weight excluding hydrogens is 200 g/mol. The molecular formula is C9H8N2O4. The average Bonchev–Trinajstić information content (AvgIpc) is 2.86. The molecule has 0 radical (unpaired) electrons. The van der Waals surface area contributed by atoms with E-state index in [1.54, 1.807) is 18.4 Å². The fraction of sp³-hybridized carbons (Fsp3) is 0.111. The van der Waals surface area contributed by atoms with E-state index in [1.165, 1.54) is 0 Å². The number of carboxylic acids is 1. The van der Waals surface area contributed by atoms with Crippen molar-refractivity contribution in [3.63, 3.8) is 0 Å². The number of aromatic nitrogens is 1. The summed E-state index contributed by atoms with van der Waals surface area (Å²) in [5, 5.41) is 11.4. The van der Waals surface area contributed by atoms with Crippen molar-refractivity contribution in [3.05, 3.63) is 36.1 Å². The molecule has 0 saturated heterocycles. The third-order valence-corrected chi connectivity index (χ3v) is 1.72. The van der Waals surface area contributed by atoms with E-state index in [2.05, 4.69) is 10.3 Å². The molecule has 0 aliphatic rings. The fourth-order valence-electron chi connectivity index (χ4n) is 1.03. The molecule has 0 aliphatic heterocycles. The first-order valence-electron chi connectivity index (χ1n) is 4.21. The lowest BCUT2D eigenvalue weighted by Gasteiger charge is -1.96. The van der Waals surface area contributed by atoms with E-state index in [1.807, 2.05) is 0 Å². The van der Waals surface area contributed by atoms with Crippen LogP contribution in [0.4, 0.5) is 6.01 Å². The highest BCUT2D eigenvalue weighted by Crippen LogP contribution is 2.09. The molecule has 78 valence electrons. The van der Waals surface area contributed by atoms with E-state index >= 15 is 0 Å². The van der Waals surface area contributed by atoms with Crippen molar-refractivity contribution in [2.24, 2.45) is 0 Å². The van der Waals surface area contributed by atoms with Gasteiger partial charge in [0.1, 0.15) is 12.0 Å². The summed E-state index contributed by atoms with van der Waals surface area (Å²) in [7, 11) is 0. The van der Waals surface area contributed by atoms with Crippen molar-refractivity contribution in [2.75, 3.05) is 5.32 Å². The summed E-state index contributed by atoms with van der Waals surface area (Å²) in [6.45, 7) is 0.395. The zero-order valence-electron chi connectivity index (χ0n) is 7.64. The van der Waals surface area contributed by atoms with E-state index < -0.39 is 5.97 Å². The van der Waals surface area contributed by atoms with Crippen molar-refractivity contribution in [1.29, 1.82) is 0 Å². The van der Waals surface area contributed by atoms with Crippen LogP contribution in [0.25, 0.3) is 0 Å². The maximum absolute atomic E-state index is 10.5. The quantitative estimate of drug-likeness (QED) is 0.792. The third kappa shape index (κ3) is 2.16. The zero-order valence-corrected chi connectivity index (χ0v) is 7.64. The molecule has 0 amide bonds. The molecule has 0 bridgehead atoms. The first-order valence-corrected chi connectivity index (χ1v) is 4.21. The maximum Gasteiger partial charge on any atom is 0.357 e. The van der Waals surface area contributed by atoms with E-state index in [0.29, 0.717) is 12.3 Å². The predicted octanol–water partition coefficient (Wildman–Crippen LogP) is 1.58. The first-order chi connectivity index (χ1) is 7.25. The van der Waals surface area contributed by atoms with Crippen molar-refractivity contribution in [1.82, 2.24) is 4.98 Å². The summed E-state index contributed by atoms with van der Waals surface area (Å²) in [6.07, 6.45) is 2.63. The van der Waals surface area contributed by atoms with Crippen molar-refractivity contribution in [3.8, 4) is 0 Å². The second-order valence-electron chi connectivity index (χ2n) is 2.78. The molecule has 6 nitrogen and oxygen atoms in total. The van der Waals surface area contributed by atoms with Gasteiger partial charge in [-0.1, -0.05) is 0 Å². The Morgan fingerprint density at radius 3 is 3.00 bits per heavy atom. The number of rotatable bonds is 4. The molecule has 2 aromatic rings. The highest BCUT2D eigenvalue weighted by Gasteiger charge is 2.09. The average molecular weight is 208 g/mol. The molecule has 2 heterocycles. The van der Waals surface area contributed by atoms with Gasteiger partial charge in [0.15, 0.2) is 5.69 Å². The van der Waals surface area contributed by atoms with E-state index in [0.717, 1.165) is 6.26 Å². The first kappa shape index (κ1) is 9.32. The van der Waals surface area contributed by atoms with E-state index in [4.69, 9.17) is 13.9 Å². The number of anilines is 1. The Balaban J connectivity index is 1.96. The van der Waals surface area contributed by atoms with Gasteiger partial charge in [0.2, 0.25) is 0 Å². The highest BCUT2D eigenvalue weighted by atomic mass is 16.4. The minimum atomic E-state index is -1.12. The lowest BCUT2D eigenvalue weighted by atomic mass is 10.4. The smallest absolute Gasteiger partial charge is 0.357 e. The van der Waals surface area contributed by atoms with Gasteiger partial charge in [0.25, 0.3) is 6.01 Å². The van der Waals surface area contributed by atoms with Crippen LogP contribution in [-0.2, 0) is 6.54 Å².